The number of unbranched alkanes of at least 4 members (excludes halogenated alkanes) is 1. The first kappa shape index (κ1) is 21.7. The number of hydrogen-bond donors (Lipinski definition) is 2. The van der Waals surface area contributed by atoms with Crippen LogP contribution in [-0.4, -0.2) is 34.7 Å². The predicted octanol–water partition coefficient (Wildman–Crippen LogP) is 2.00. The summed E-state index contributed by atoms with van der Waals surface area (Å²) in [7, 11) is 0. The van der Waals surface area contributed by atoms with E-state index in [0.717, 1.165) is 12.0 Å². The van der Waals surface area contributed by atoms with E-state index in [4.69, 9.17) is 10.5 Å². The zero-order valence-corrected chi connectivity index (χ0v) is 16.6. The Morgan fingerprint density at radius 2 is 1.55 bits per heavy atom. The molecule has 2 aromatic rings. The third kappa shape index (κ3) is 4.45. The van der Waals surface area contributed by atoms with Gasteiger partial charge < -0.3 is 10.5 Å². The van der Waals surface area contributed by atoms with Crippen LogP contribution in [0.1, 0.15) is 30.4 Å². The lowest BCUT2D eigenvalue weighted by Gasteiger charge is -2.37. The molecule has 9 nitrogen and oxygen atoms in total. The molecule has 9 heteroatoms. The second kappa shape index (κ2) is 9.21. The molecular formula is C22H21N3O6. The van der Waals surface area contributed by atoms with E-state index in [2.05, 4.69) is 0 Å². The van der Waals surface area contributed by atoms with Crippen molar-refractivity contribution in [2.45, 2.75) is 31.3 Å². The van der Waals surface area contributed by atoms with Crippen LogP contribution in [-0.2, 0) is 31.1 Å². The van der Waals surface area contributed by atoms with Crippen molar-refractivity contribution >= 4 is 29.8 Å². The lowest BCUT2D eigenvalue weighted by Crippen LogP contribution is -2.69. The third-order valence-corrected chi connectivity index (χ3v) is 4.85. The molecule has 31 heavy (non-hydrogen) atoms. The quantitative estimate of drug-likeness (QED) is 0.397. The van der Waals surface area contributed by atoms with Gasteiger partial charge in [0.2, 0.25) is 0 Å². The van der Waals surface area contributed by atoms with E-state index in [-0.39, 0.29) is 16.9 Å². The summed E-state index contributed by atoms with van der Waals surface area (Å²) in [6.45, 7) is 0. The standard InChI is InChI=1S/C22H21N3O6/c23-20(29)25-19(28)22(18(27)24-21(25)30,16-12-5-2-6-13-16)31-17(26)14-8-7-11-15-9-3-1-4-10-15/h1-6,9-10,12-13H,7-8,11,14H2,(H2,23,29)(H,24,27,30). The van der Waals surface area contributed by atoms with E-state index < -0.39 is 35.4 Å². The van der Waals surface area contributed by atoms with Crippen molar-refractivity contribution in [3.63, 3.8) is 0 Å². The van der Waals surface area contributed by atoms with Gasteiger partial charge in [-0.1, -0.05) is 60.7 Å². The summed E-state index contributed by atoms with van der Waals surface area (Å²) in [6.07, 6.45) is 1.82. The van der Waals surface area contributed by atoms with Gasteiger partial charge in [-0.3, -0.25) is 19.7 Å². The average molecular weight is 423 g/mol. The number of urea groups is 2. The number of nitrogens with two attached hydrogens (primary N) is 1. The number of nitrogens with zero attached hydrogens (tertiary/aromatic N) is 1. The average Bonchev–Trinajstić information content (AvgIpc) is 2.75. The molecule has 1 saturated heterocycles. The van der Waals surface area contributed by atoms with E-state index in [9.17, 15) is 24.0 Å². The van der Waals surface area contributed by atoms with E-state index >= 15 is 0 Å². The summed E-state index contributed by atoms with van der Waals surface area (Å²) in [4.78, 5) is 62.0. The number of esters is 1. The number of amides is 6. The van der Waals surface area contributed by atoms with Crippen molar-refractivity contribution in [2.75, 3.05) is 0 Å². The largest absolute Gasteiger partial charge is 0.433 e. The Morgan fingerprint density at radius 1 is 0.935 bits per heavy atom. The number of nitrogens with one attached hydrogen (secondary N) is 1. The Kier molecular flexibility index (Phi) is 6.44. The number of barbiturate groups is 1. The van der Waals surface area contributed by atoms with E-state index in [1.54, 1.807) is 6.07 Å². The number of benzene rings is 2. The molecule has 0 bridgehead atoms. The maximum absolute atomic E-state index is 13.0. The number of ether oxygens (including phenoxy) is 1. The smallest absolute Gasteiger partial charge is 0.339 e. The number of aryl methyl sites for hydroxylation is 1. The number of carbonyl (C=O) groups is 5. The molecule has 6 amide bonds. The molecule has 160 valence electrons. The molecule has 1 fully saturated rings. The molecule has 1 aliphatic rings. The first-order valence-corrected chi connectivity index (χ1v) is 9.67. The molecule has 1 atom stereocenters. The summed E-state index contributed by atoms with van der Waals surface area (Å²) in [6, 6.07) is 14.5. The maximum atomic E-state index is 13.0. The number of carbonyl (C=O) groups excluding carboxylic acids is 5. The van der Waals surface area contributed by atoms with Crippen molar-refractivity contribution in [2.24, 2.45) is 5.73 Å². The summed E-state index contributed by atoms with van der Waals surface area (Å²) in [5.41, 5.74) is 3.72. The van der Waals surface area contributed by atoms with Gasteiger partial charge in [0.25, 0.3) is 17.4 Å². The fourth-order valence-corrected chi connectivity index (χ4v) is 3.33. The van der Waals surface area contributed by atoms with Gasteiger partial charge >= 0.3 is 18.0 Å². The van der Waals surface area contributed by atoms with Crippen LogP contribution in [0.15, 0.2) is 60.7 Å². The van der Waals surface area contributed by atoms with Crippen LogP contribution in [0.5, 0.6) is 0 Å². The Labute approximate surface area is 178 Å². The van der Waals surface area contributed by atoms with E-state index in [0.29, 0.717) is 12.8 Å². The molecule has 0 spiro atoms. The monoisotopic (exact) mass is 423 g/mol. The highest BCUT2D eigenvalue weighted by Gasteiger charge is 2.60. The van der Waals surface area contributed by atoms with Crippen molar-refractivity contribution in [3.8, 4) is 0 Å². The molecule has 1 heterocycles. The van der Waals surface area contributed by atoms with Crippen LogP contribution >= 0.6 is 0 Å². The summed E-state index contributed by atoms with van der Waals surface area (Å²) >= 11 is 0. The predicted molar refractivity (Wildman–Crippen MR) is 108 cm³/mol. The summed E-state index contributed by atoms with van der Waals surface area (Å²) in [5.74, 6) is -3.32. The molecule has 3 rings (SSSR count). The van der Waals surface area contributed by atoms with Gasteiger partial charge in [-0.15, -0.1) is 0 Å². The Balaban J connectivity index is 1.79. The Morgan fingerprint density at radius 3 is 2.16 bits per heavy atom. The minimum atomic E-state index is -2.53. The Bertz CT molecular complexity index is 1010. The highest BCUT2D eigenvalue weighted by molar-refractivity contribution is 6.27. The lowest BCUT2D eigenvalue weighted by atomic mass is 9.89. The summed E-state index contributed by atoms with van der Waals surface area (Å²) in [5, 5.41) is 1.87. The van der Waals surface area contributed by atoms with Gasteiger partial charge in [0.05, 0.1) is 0 Å². The van der Waals surface area contributed by atoms with Crippen molar-refractivity contribution in [1.82, 2.24) is 10.2 Å². The minimum Gasteiger partial charge on any atom is -0.433 e. The van der Waals surface area contributed by atoms with Gasteiger partial charge in [0.1, 0.15) is 0 Å². The first-order chi connectivity index (χ1) is 14.9. The molecule has 2 aromatic carbocycles. The number of imide groups is 4. The SMILES string of the molecule is NC(=O)N1C(=O)NC(=O)C(OC(=O)CCCCc2ccccc2)(c2ccccc2)C1=O. The van der Waals surface area contributed by atoms with Crippen molar-refractivity contribution in [3.05, 3.63) is 71.8 Å². The van der Waals surface area contributed by atoms with Crippen LogP contribution in [0.2, 0.25) is 0 Å². The fourth-order valence-electron chi connectivity index (χ4n) is 3.33. The number of primary amides is 1. The normalized spacial score (nSPS) is 18.5. The highest BCUT2D eigenvalue weighted by atomic mass is 16.6. The number of rotatable bonds is 7. The molecular weight excluding hydrogens is 402 g/mol. The molecule has 0 aliphatic carbocycles. The van der Waals surface area contributed by atoms with Crippen LogP contribution < -0.4 is 11.1 Å². The molecule has 1 aliphatic heterocycles. The zero-order chi connectivity index (χ0) is 22.4. The first-order valence-electron chi connectivity index (χ1n) is 9.67. The zero-order valence-electron chi connectivity index (χ0n) is 16.6. The second-order valence-corrected chi connectivity index (χ2v) is 6.95. The van der Waals surface area contributed by atoms with Crippen LogP contribution in [0.3, 0.4) is 0 Å². The molecule has 0 radical (unpaired) electrons. The van der Waals surface area contributed by atoms with Crippen molar-refractivity contribution < 1.29 is 28.7 Å². The van der Waals surface area contributed by atoms with Gasteiger partial charge in [0.15, 0.2) is 0 Å². The van der Waals surface area contributed by atoms with Gasteiger partial charge in [-0.25, -0.2) is 9.59 Å². The van der Waals surface area contributed by atoms with Gasteiger partial charge in [-0.05, 0) is 24.8 Å². The van der Waals surface area contributed by atoms with Crippen LogP contribution in [0.25, 0.3) is 0 Å². The topological polar surface area (TPSA) is 136 Å². The van der Waals surface area contributed by atoms with Crippen LogP contribution in [0, 0.1) is 0 Å². The summed E-state index contributed by atoms with van der Waals surface area (Å²) < 4.78 is 5.37. The highest BCUT2D eigenvalue weighted by Crippen LogP contribution is 2.32. The number of hydrogen-bond acceptors (Lipinski definition) is 6. The molecule has 0 saturated carbocycles. The maximum Gasteiger partial charge on any atom is 0.339 e. The fraction of sp³-hybridized carbons (Fsp3) is 0.227. The molecule has 3 N–H and O–H groups in total. The van der Waals surface area contributed by atoms with Gasteiger partial charge in [-0.2, -0.15) is 4.90 Å². The minimum absolute atomic E-state index is 0.00566. The molecule has 0 aromatic heterocycles. The van der Waals surface area contributed by atoms with Gasteiger partial charge in [0, 0.05) is 12.0 Å². The third-order valence-electron chi connectivity index (χ3n) is 4.85. The lowest BCUT2D eigenvalue weighted by molar-refractivity contribution is -0.180. The van der Waals surface area contributed by atoms with E-state index in [1.807, 2.05) is 35.6 Å². The second-order valence-electron chi connectivity index (χ2n) is 6.95. The van der Waals surface area contributed by atoms with Crippen molar-refractivity contribution in [1.29, 1.82) is 0 Å². The Hall–Kier alpha value is -4.01. The van der Waals surface area contributed by atoms with E-state index in [1.165, 1.54) is 24.3 Å². The van der Waals surface area contributed by atoms with Crippen LogP contribution in [0.4, 0.5) is 9.59 Å². The molecule has 1 unspecified atom stereocenters.